The first kappa shape index (κ1) is 17.2. The van der Waals surface area contributed by atoms with Crippen LogP contribution in [0.4, 0.5) is 0 Å². The predicted octanol–water partition coefficient (Wildman–Crippen LogP) is 3.15. The molecule has 21 heavy (non-hydrogen) atoms. The Hall–Kier alpha value is -0.120. The van der Waals surface area contributed by atoms with E-state index in [1.807, 2.05) is 0 Å². The average molecular weight is 296 g/mol. The fourth-order valence-electron chi connectivity index (χ4n) is 4.40. The Labute approximate surface area is 131 Å². The highest BCUT2D eigenvalue weighted by Gasteiger charge is 2.33. The Morgan fingerprint density at radius 1 is 1.14 bits per heavy atom. The molecule has 124 valence electrons. The number of morpholine rings is 1. The summed E-state index contributed by atoms with van der Waals surface area (Å²) in [5.74, 6) is 2.56. The van der Waals surface area contributed by atoms with Gasteiger partial charge in [-0.25, -0.2) is 0 Å². The third kappa shape index (κ3) is 4.94. The molecule has 0 aromatic carbocycles. The molecule has 3 heteroatoms. The average Bonchev–Trinajstić information content (AvgIpc) is 2.39. The van der Waals surface area contributed by atoms with Crippen LogP contribution in [0.2, 0.25) is 0 Å². The minimum Gasteiger partial charge on any atom is -0.373 e. The molecule has 0 bridgehead atoms. The molecule has 1 saturated carbocycles. The lowest BCUT2D eigenvalue weighted by atomic mass is 9.73. The zero-order valence-corrected chi connectivity index (χ0v) is 14.8. The summed E-state index contributed by atoms with van der Waals surface area (Å²) in [5, 5.41) is 3.75. The normalized spacial score (nSPS) is 38.9. The molecule has 1 heterocycles. The summed E-state index contributed by atoms with van der Waals surface area (Å²) in [6, 6.07) is 0.721. The van der Waals surface area contributed by atoms with Gasteiger partial charge in [0.1, 0.15) is 0 Å². The Kier molecular flexibility index (Phi) is 6.51. The Bertz CT molecular complexity index is 298. The molecule has 0 aromatic heterocycles. The highest BCUT2D eigenvalue weighted by Crippen LogP contribution is 2.34. The SMILES string of the molecule is CCNC1CCC(C(C)C)CC1CN1CC(C)OC(C)C1. The first-order valence-corrected chi connectivity index (χ1v) is 9.10. The molecule has 0 spiro atoms. The fourth-order valence-corrected chi connectivity index (χ4v) is 4.40. The highest BCUT2D eigenvalue weighted by molar-refractivity contribution is 4.88. The van der Waals surface area contributed by atoms with Gasteiger partial charge in [-0.3, -0.25) is 4.90 Å². The van der Waals surface area contributed by atoms with Gasteiger partial charge < -0.3 is 10.1 Å². The van der Waals surface area contributed by atoms with Crippen molar-refractivity contribution in [1.82, 2.24) is 10.2 Å². The van der Waals surface area contributed by atoms with Gasteiger partial charge in [0, 0.05) is 25.7 Å². The first-order valence-electron chi connectivity index (χ1n) is 9.10. The van der Waals surface area contributed by atoms with Crippen LogP contribution in [0.1, 0.15) is 53.9 Å². The highest BCUT2D eigenvalue weighted by atomic mass is 16.5. The number of hydrogen-bond donors (Lipinski definition) is 1. The van der Waals surface area contributed by atoms with Crippen LogP contribution in [0.5, 0.6) is 0 Å². The van der Waals surface area contributed by atoms with Gasteiger partial charge >= 0.3 is 0 Å². The van der Waals surface area contributed by atoms with E-state index in [0.29, 0.717) is 12.2 Å². The maximum Gasteiger partial charge on any atom is 0.0678 e. The number of nitrogens with one attached hydrogen (secondary N) is 1. The maximum absolute atomic E-state index is 5.88. The predicted molar refractivity (Wildman–Crippen MR) is 89.6 cm³/mol. The summed E-state index contributed by atoms with van der Waals surface area (Å²) in [6.07, 6.45) is 4.93. The molecule has 5 atom stereocenters. The van der Waals surface area contributed by atoms with Gasteiger partial charge in [0.2, 0.25) is 0 Å². The van der Waals surface area contributed by atoms with Crippen molar-refractivity contribution < 1.29 is 4.74 Å². The second-order valence-corrected chi connectivity index (χ2v) is 7.72. The van der Waals surface area contributed by atoms with Crippen molar-refractivity contribution in [2.45, 2.75) is 72.1 Å². The minimum absolute atomic E-state index is 0.385. The second kappa shape index (κ2) is 7.94. The van der Waals surface area contributed by atoms with Crippen LogP contribution in [0.15, 0.2) is 0 Å². The standard InChI is InChI=1S/C18H36N2O/c1-6-19-18-8-7-16(13(2)3)9-17(18)12-20-10-14(4)21-15(5)11-20/h13-19H,6-12H2,1-5H3. The maximum atomic E-state index is 5.88. The van der Waals surface area contributed by atoms with Crippen LogP contribution >= 0.6 is 0 Å². The summed E-state index contributed by atoms with van der Waals surface area (Å²) >= 11 is 0. The van der Waals surface area contributed by atoms with Crippen molar-refractivity contribution in [3.63, 3.8) is 0 Å². The fraction of sp³-hybridized carbons (Fsp3) is 1.00. The summed E-state index contributed by atoms with van der Waals surface area (Å²) in [4.78, 5) is 2.65. The topological polar surface area (TPSA) is 24.5 Å². The van der Waals surface area contributed by atoms with Gasteiger partial charge in [-0.1, -0.05) is 20.8 Å². The summed E-state index contributed by atoms with van der Waals surface area (Å²) < 4.78 is 5.88. The smallest absolute Gasteiger partial charge is 0.0678 e. The Balaban J connectivity index is 1.95. The van der Waals surface area contributed by atoms with E-state index in [9.17, 15) is 0 Å². The molecule has 2 aliphatic rings. The first-order chi connectivity index (χ1) is 9.99. The number of rotatable bonds is 5. The van der Waals surface area contributed by atoms with Gasteiger partial charge in [0.05, 0.1) is 12.2 Å². The van der Waals surface area contributed by atoms with Crippen LogP contribution in [0.25, 0.3) is 0 Å². The molecule has 1 aliphatic heterocycles. The Morgan fingerprint density at radius 3 is 2.38 bits per heavy atom. The van der Waals surface area contributed by atoms with Crippen LogP contribution < -0.4 is 5.32 Å². The molecule has 1 saturated heterocycles. The van der Waals surface area contributed by atoms with Crippen LogP contribution in [-0.4, -0.2) is 49.3 Å². The molecular weight excluding hydrogens is 260 g/mol. The zero-order chi connectivity index (χ0) is 15.4. The molecular formula is C18H36N2O. The van der Waals surface area contributed by atoms with Crippen LogP contribution in [0, 0.1) is 17.8 Å². The molecule has 5 unspecified atom stereocenters. The van der Waals surface area contributed by atoms with Crippen LogP contribution in [-0.2, 0) is 4.74 Å². The molecule has 3 nitrogen and oxygen atoms in total. The van der Waals surface area contributed by atoms with Crippen LogP contribution in [0.3, 0.4) is 0 Å². The minimum atomic E-state index is 0.385. The zero-order valence-electron chi connectivity index (χ0n) is 14.8. The van der Waals surface area contributed by atoms with Gasteiger partial charge in [0.25, 0.3) is 0 Å². The van der Waals surface area contributed by atoms with Gasteiger partial charge in [-0.15, -0.1) is 0 Å². The summed E-state index contributed by atoms with van der Waals surface area (Å²) in [5.41, 5.74) is 0. The molecule has 1 N–H and O–H groups in total. The Morgan fingerprint density at radius 2 is 1.81 bits per heavy atom. The quantitative estimate of drug-likeness (QED) is 0.843. The molecule has 2 rings (SSSR count). The third-order valence-electron chi connectivity index (χ3n) is 5.42. The van der Waals surface area contributed by atoms with Crippen molar-refractivity contribution >= 4 is 0 Å². The van der Waals surface area contributed by atoms with Crippen molar-refractivity contribution in [2.24, 2.45) is 17.8 Å². The van der Waals surface area contributed by atoms with E-state index >= 15 is 0 Å². The van der Waals surface area contributed by atoms with E-state index in [1.165, 1.54) is 25.8 Å². The summed E-state index contributed by atoms with van der Waals surface area (Å²) in [6.45, 7) is 16.0. The van der Waals surface area contributed by atoms with Gasteiger partial charge in [-0.05, 0) is 57.4 Å². The molecule has 1 aliphatic carbocycles. The number of nitrogens with zero attached hydrogens (tertiary/aromatic N) is 1. The number of hydrogen-bond acceptors (Lipinski definition) is 3. The molecule has 0 radical (unpaired) electrons. The monoisotopic (exact) mass is 296 g/mol. The molecule has 2 fully saturated rings. The number of ether oxygens (including phenoxy) is 1. The largest absolute Gasteiger partial charge is 0.373 e. The molecule has 0 amide bonds. The lowest BCUT2D eigenvalue weighted by molar-refractivity contribution is -0.0747. The van der Waals surface area contributed by atoms with E-state index < -0.39 is 0 Å². The third-order valence-corrected chi connectivity index (χ3v) is 5.42. The lowest BCUT2D eigenvalue weighted by Crippen LogP contribution is -2.51. The van der Waals surface area contributed by atoms with Crippen molar-refractivity contribution in [2.75, 3.05) is 26.2 Å². The second-order valence-electron chi connectivity index (χ2n) is 7.72. The molecule has 0 aromatic rings. The van der Waals surface area contributed by atoms with E-state index in [1.54, 1.807) is 0 Å². The van der Waals surface area contributed by atoms with Gasteiger partial charge in [0.15, 0.2) is 0 Å². The van der Waals surface area contributed by atoms with E-state index in [2.05, 4.69) is 44.8 Å². The van der Waals surface area contributed by atoms with Crippen molar-refractivity contribution in [1.29, 1.82) is 0 Å². The van der Waals surface area contributed by atoms with Crippen molar-refractivity contribution in [3.8, 4) is 0 Å². The van der Waals surface area contributed by atoms with Crippen molar-refractivity contribution in [3.05, 3.63) is 0 Å². The van der Waals surface area contributed by atoms with E-state index in [-0.39, 0.29) is 0 Å². The van der Waals surface area contributed by atoms with E-state index in [4.69, 9.17) is 4.74 Å². The summed E-state index contributed by atoms with van der Waals surface area (Å²) in [7, 11) is 0. The van der Waals surface area contributed by atoms with E-state index in [0.717, 1.165) is 43.4 Å². The van der Waals surface area contributed by atoms with Gasteiger partial charge in [-0.2, -0.15) is 0 Å². The lowest BCUT2D eigenvalue weighted by Gasteiger charge is -2.43.